The Morgan fingerprint density at radius 3 is 2.47 bits per heavy atom. The van der Waals surface area contributed by atoms with Gasteiger partial charge >= 0.3 is 0 Å². The van der Waals surface area contributed by atoms with Gasteiger partial charge in [0.05, 0.1) is 22.2 Å². The highest BCUT2D eigenvalue weighted by atomic mass is 35.5. The molecule has 3 rings (SSSR count). The third-order valence-corrected chi connectivity index (χ3v) is 6.59. The molecule has 3 aromatic rings. The number of carbonyl (C=O) groups is 1. The van der Waals surface area contributed by atoms with Crippen molar-refractivity contribution in [3.8, 4) is 0 Å². The van der Waals surface area contributed by atoms with Crippen molar-refractivity contribution in [2.24, 2.45) is 0 Å². The van der Waals surface area contributed by atoms with Crippen LogP contribution < -0.4 is 9.62 Å². The van der Waals surface area contributed by atoms with Crippen molar-refractivity contribution in [3.63, 3.8) is 0 Å². The number of rotatable bonds is 7. The summed E-state index contributed by atoms with van der Waals surface area (Å²) in [5.41, 5.74) is 2.15. The van der Waals surface area contributed by atoms with Gasteiger partial charge < -0.3 is 5.32 Å². The molecular formula is C23H21ClN2O3S. The van der Waals surface area contributed by atoms with Crippen molar-refractivity contribution < 1.29 is 13.2 Å². The minimum Gasteiger partial charge on any atom is -0.322 e. The van der Waals surface area contributed by atoms with Crippen LogP contribution in [-0.2, 0) is 10.0 Å². The summed E-state index contributed by atoms with van der Waals surface area (Å²) >= 11 is 6.23. The van der Waals surface area contributed by atoms with Crippen LogP contribution in [-0.4, -0.2) is 20.9 Å². The highest BCUT2D eigenvalue weighted by Gasteiger charge is 2.26. The van der Waals surface area contributed by atoms with Gasteiger partial charge in [-0.3, -0.25) is 9.10 Å². The Kier molecular flexibility index (Phi) is 6.59. The Balaban J connectivity index is 1.97. The first kappa shape index (κ1) is 21.6. The first-order valence-electron chi connectivity index (χ1n) is 9.20. The zero-order valence-corrected chi connectivity index (χ0v) is 18.0. The summed E-state index contributed by atoms with van der Waals surface area (Å²) in [6, 6.07) is 20.0. The maximum absolute atomic E-state index is 13.4. The number of hydrogen-bond acceptors (Lipinski definition) is 3. The number of aryl methyl sites for hydroxylation is 1. The number of anilines is 2. The van der Waals surface area contributed by atoms with Gasteiger partial charge in [0, 0.05) is 11.3 Å². The van der Waals surface area contributed by atoms with E-state index in [1.165, 1.54) is 22.5 Å². The van der Waals surface area contributed by atoms with E-state index in [1.54, 1.807) is 42.5 Å². The predicted molar refractivity (Wildman–Crippen MR) is 122 cm³/mol. The lowest BCUT2D eigenvalue weighted by Crippen LogP contribution is -2.31. The van der Waals surface area contributed by atoms with Crippen LogP contribution in [0.5, 0.6) is 0 Å². The fourth-order valence-electron chi connectivity index (χ4n) is 2.93. The second kappa shape index (κ2) is 9.15. The zero-order chi connectivity index (χ0) is 21.7. The summed E-state index contributed by atoms with van der Waals surface area (Å²) in [5, 5.41) is 3.12. The Morgan fingerprint density at radius 1 is 1.07 bits per heavy atom. The average molecular weight is 441 g/mol. The van der Waals surface area contributed by atoms with Crippen molar-refractivity contribution in [1.29, 1.82) is 0 Å². The van der Waals surface area contributed by atoms with Gasteiger partial charge in [0.15, 0.2) is 0 Å². The summed E-state index contributed by atoms with van der Waals surface area (Å²) in [6.45, 7) is 5.57. The SMILES string of the molecule is C=CCN(c1ccccc1Cl)S(=O)(=O)c1cccc(C(=O)Nc2ccccc2C)c1. The summed E-state index contributed by atoms with van der Waals surface area (Å²) in [6.07, 6.45) is 1.48. The van der Waals surface area contributed by atoms with E-state index in [-0.39, 0.29) is 17.0 Å². The number of halogens is 1. The molecule has 0 radical (unpaired) electrons. The van der Waals surface area contributed by atoms with Crippen LogP contribution in [0.3, 0.4) is 0 Å². The van der Waals surface area contributed by atoms with Crippen LogP contribution in [0.25, 0.3) is 0 Å². The van der Waals surface area contributed by atoms with Gasteiger partial charge in [0.25, 0.3) is 15.9 Å². The molecule has 3 aromatic carbocycles. The van der Waals surface area contributed by atoms with E-state index in [0.29, 0.717) is 16.4 Å². The molecule has 0 atom stereocenters. The maximum atomic E-state index is 13.4. The molecule has 0 aliphatic carbocycles. The van der Waals surface area contributed by atoms with Crippen LogP contribution in [0.15, 0.2) is 90.3 Å². The van der Waals surface area contributed by atoms with Gasteiger partial charge in [0.1, 0.15) is 0 Å². The molecule has 0 heterocycles. The fraction of sp³-hybridized carbons (Fsp3) is 0.0870. The second-order valence-electron chi connectivity index (χ2n) is 6.57. The molecule has 0 unspecified atom stereocenters. The minimum atomic E-state index is -3.98. The van der Waals surface area contributed by atoms with E-state index < -0.39 is 15.9 Å². The lowest BCUT2D eigenvalue weighted by Gasteiger charge is -2.24. The quantitative estimate of drug-likeness (QED) is 0.508. The molecule has 0 spiro atoms. The van der Waals surface area contributed by atoms with Crippen LogP contribution in [0.4, 0.5) is 11.4 Å². The molecule has 0 saturated heterocycles. The summed E-state index contributed by atoms with van der Waals surface area (Å²) < 4.78 is 27.9. The number of carbonyl (C=O) groups excluding carboxylic acids is 1. The monoisotopic (exact) mass is 440 g/mol. The van der Waals surface area contributed by atoms with E-state index in [1.807, 2.05) is 25.1 Å². The van der Waals surface area contributed by atoms with Gasteiger partial charge in [-0.1, -0.05) is 54.1 Å². The molecule has 0 aliphatic heterocycles. The van der Waals surface area contributed by atoms with E-state index in [9.17, 15) is 13.2 Å². The highest BCUT2D eigenvalue weighted by Crippen LogP contribution is 2.30. The Bertz CT molecular complexity index is 1190. The largest absolute Gasteiger partial charge is 0.322 e. The normalized spacial score (nSPS) is 11.0. The first-order valence-corrected chi connectivity index (χ1v) is 11.0. The highest BCUT2D eigenvalue weighted by molar-refractivity contribution is 7.92. The minimum absolute atomic E-state index is 0.0123. The standard InChI is InChI=1S/C23H21ClN2O3S/c1-3-15-26(22-14-7-5-12-20(22)24)30(28,29)19-11-8-10-18(16-19)23(27)25-21-13-6-4-9-17(21)2/h3-14,16H,1,15H2,2H3,(H,25,27). The number of hydrogen-bond donors (Lipinski definition) is 1. The van der Waals surface area contributed by atoms with Crippen LogP contribution in [0.1, 0.15) is 15.9 Å². The van der Waals surface area contributed by atoms with Crippen molar-refractivity contribution in [2.45, 2.75) is 11.8 Å². The summed E-state index contributed by atoms with van der Waals surface area (Å²) in [5.74, 6) is -0.394. The number of sulfonamides is 1. The molecule has 30 heavy (non-hydrogen) atoms. The number of amides is 1. The van der Waals surface area contributed by atoms with Crippen LogP contribution in [0.2, 0.25) is 5.02 Å². The molecule has 1 N–H and O–H groups in total. The zero-order valence-electron chi connectivity index (χ0n) is 16.4. The van der Waals surface area contributed by atoms with E-state index in [2.05, 4.69) is 11.9 Å². The smallest absolute Gasteiger partial charge is 0.264 e. The molecule has 154 valence electrons. The summed E-state index contributed by atoms with van der Waals surface area (Å²) in [7, 11) is -3.98. The van der Waals surface area contributed by atoms with Crippen molar-refractivity contribution in [3.05, 3.63) is 102 Å². The molecule has 7 heteroatoms. The number of nitrogens with zero attached hydrogens (tertiary/aromatic N) is 1. The molecule has 5 nitrogen and oxygen atoms in total. The van der Waals surface area contributed by atoms with E-state index in [4.69, 9.17) is 11.6 Å². The van der Waals surface area contributed by atoms with Crippen LogP contribution in [0, 0.1) is 6.92 Å². The third-order valence-electron chi connectivity index (χ3n) is 4.49. The van der Waals surface area contributed by atoms with Gasteiger partial charge in [0.2, 0.25) is 0 Å². The first-order chi connectivity index (χ1) is 14.3. The van der Waals surface area contributed by atoms with E-state index >= 15 is 0 Å². The van der Waals surface area contributed by atoms with Crippen molar-refractivity contribution in [2.75, 3.05) is 16.2 Å². The van der Waals surface area contributed by atoms with Crippen LogP contribution >= 0.6 is 11.6 Å². The Labute approximate surface area is 181 Å². The average Bonchev–Trinajstić information content (AvgIpc) is 2.74. The molecule has 0 aromatic heterocycles. The van der Waals surface area contributed by atoms with Crippen molar-refractivity contribution >= 4 is 38.9 Å². The third kappa shape index (κ3) is 4.56. The predicted octanol–water partition coefficient (Wildman–Crippen LogP) is 5.28. The second-order valence-corrected chi connectivity index (χ2v) is 8.84. The van der Waals surface area contributed by atoms with Crippen molar-refractivity contribution in [1.82, 2.24) is 0 Å². The Morgan fingerprint density at radius 2 is 1.77 bits per heavy atom. The molecule has 1 amide bonds. The molecule has 0 aliphatic rings. The Hall–Kier alpha value is -3.09. The molecule has 0 fully saturated rings. The molecular weight excluding hydrogens is 420 g/mol. The fourth-order valence-corrected chi connectivity index (χ4v) is 4.72. The maximum Gasteiger partial charge on any atom is 0.264 e. The number of para-hydroxylation sites is 2. The topological polar surface area (TPSA) is 66.5 Å². The molecule has 0 bridgehead atoms. The number of benzene rings is 3. The van der Waals surface area contributed by atoms with E-state index in [0.717, 1.165) is 5.56 Å². The number of nitrogens with one attached hydrogen (secondary N) is 1. The van der Waals surface area contributed by atoms with Gasteiger partial charge in [-0.25, -0.2) is 8.42 Å². The van der Waals surface area contributed by atoms with Gasteiger partial charge in [-0.05, 0) is 48.9 Å². The lowest BCUT2D eigenvalue weighted by atomic mass is 10.1. The molecule has 0 saturated carbocycles. The summed E-state index contributed by atoms with van der Waals surface area (Å²) in [4.78, 5) is 12.7. The lowest BCUT2D eigenvalue weighted by molar-refractivity contribution is 0.102. The van der Waals surface area contributed by atoms with Gasteiger partial charge in [-0.15, -0.1) is 6.58 Å². The van der Waals surface area contributed by atoms with Gasteiger partial charge in [-0.2, -0.15) is 0 Å².